The molecule has 32 heavy (non-hydrogen) atoms. The number of rotatable bonds is 8. The molecule has 2 aromatic rings. The van der Waals surface area contributed by atoms with Crippen molar-refractivity contribution in [3.05, 3.63) is 58.0 Å². The monoisotopic (exact) mass is 481 g/mol. The van der Waals surface area contributed by atoms with Crippen LogP contribution in [0.25, 0.3) is 5.70 Å². The highest BCUT2D eigenvalue weighted by Crippen LogP contribution is 2.36. The van der Waals surface area contributed by atoms with Gasteiger partial charge in [-0.2, -0.15) is 0 Å². The topological polar surface area (TPSA) is 92.5 Å². The fraction of sp³-hybridized carbons (Fsp3) is 0.364. The van der Waals surface area contributed by atoms with E-state index in [0.717, 1.165) is 19.6 Å². The minimum Gasteiger partial charge on any atom is -0.482 e. The van der Waals surface area contributed by atoms with Gasteiger partial charge >= 0.3 is 6.03 Å². The van der Waals surface area contributed by atoms with E-state index in [9.17, 15) is 9.18 Å². The third-order valence-electron chi connectivity index (χ3n) is 5.20. The van der Waals surface area contributed by atoms with E-state index in [-0.39, 0.29) is 27.6 Å². The number of anilines is 1. The number of carbonyl (C=O) groups is 1. The minimum absolute atomic E-state index is 0.118. The highest BCUT2D eigenvalue weighted by atomic mass is 35.5. The Morgan fingerprint density at radius 3 is 2.81 bits per heavy atom. The molecule has 1 saturated heterocycles. The molecule has 7 nitrogen and oxygen atoms in total. The van der Waals surface area contributed by atoms with Gasteiger partial charge in [-0.15, -0.1) is 0 Å². The summed E-state index contributed by atoms with van der Waals surface area (Å²) in [6.07, 6.45) is 3.17. The van der Waals surface area contributed by atoms with E-state index in [1.807, 2.05) is 0 Å². The molecule has 0 bridgehead atoms. The molecule has 2 heterocycles. The summed E-state index contributed by atoms with van der Waals surface area (Å²) in [6, 6.07) is 3.82. The molecule has 1 atom stereocenters. The lowest BCUT2D eigenvalue weighted by Crippen LogP contribution is -2.39. The number of urea groups is 1. The van der Waals surface area contributed by atoms with Crippen LogP contribution in [0.4, 0.5) is 15.0 Å². The average Bonchev–Trinajstić information content (AvgIpc) is 3.26. The molecule has 1 aromatic heterocycles. The number of benzene rings is 1. The molecule has 1 fully saturated rings. The van der Waals surface area contributed by atoms with Crippen LogP contribution in [-0.4, -0.2) is 42.1 Å². The molecule has 0 saturated carbocycles. The van der Waals surface area contributed by atoms with E-state index in [2.05, 4.69) is 27.1 Å². The fourth-order valence-electron chi connectivity index (χ4n) is 3.47. The molecular formula is C22H26Cl2FN5O2. The molecule has 0 spiro atoms. The van der Waals surface area contributed by atoms with Crippen LogP contribution < -0.4 is 21.1 Å². The number of ether oxygens (including phenoxy) is 1. The number of nitrogens with one attached hydrogen (secondary N) is 2. The molecule has 4 N–H and O–H groups in total. The fourth-order valence-corrected chi connectivity index (χ4v) is 4.14. The molecule has 1 aliphatic rings. The summed E-state index contributed by atoms with van der Waals surface area (Å²) in [5.74, 6) is -0.259. The normalized spacial score (nSPS) is 14.8. The second-order valence-electron chi connectivity index (χ2n) is 7.53. The van der Waals surface area contributed by atoms with E-state index in [4.69, 9.17) is 33.7 Å². The zero-order valence-corrected chi connectivity index (χ0v) is 19.3. The highest BCUT2D eigenvalue weighted by molar-refractivity contribution is 6.36. The maximum atomic E-state index is 13.9. The van der Waals surface area contributed by atoms with Crippen LogP contribution in [0.1, 0.15) is 37.0 Å². The first-order valence-electron chi connectivity index (χ1n) is 10.3. The second-order valence-corrected chi connectivity index (χ2v) is 8.32. The SMILES string of the molecule is C=C(NC(=O)NCCN1CCCC1)c1cnc(N)c(OC(C)c2c(Cl)ccc(F)c2Cl)c1. The van der Waals surface area contributed by atoms with Crippen molar-refractivity contribution >= 4 is 40.7 Å². The van der Waals surface area contributed by atoms with Gasteiger partial charge < -0.3 is 26.0 Å². The van der Waals surface area contributed by atoms with Gasteiger partial charge in [-0.25, -0.2) is 14.2 Å². The van der Waals surface area contributed by atoms with Crippen molar-refractivity contribution in [2.45, 2.75) is 25.9 Å². The second kappa shape index (κ2) is 10.8. The third kappa shape index (κ3) is 6.03. The summed E-state index contributed by atoms with van der Waals surface area (Å²) in [5.41, 5.74) is 7.07. The molecule has 1 unspecified atom stereocenters. The van der Waals surface area contributed by atoms with Crippen LogP contribution in [-0.2, 0) is 0 Å². The number of hydrogen-bond donors (Lipinski definition) is 3. The molecule has 0 radical (unpaired) electrons. The van der Waals surface area contributed by atoms with Crippen LogP contribution in [0.2, 0.25) is 10.0 Å². The standard InChI is InChI=1S/C22H26Cl2FN5O2/c1-13(29-22(31)27-7-10-30-8-3-4-9-30)15-11-18(21(26)28-12-15)32-14(2)19-16(23)5-6-17(25)20(19)24/h5-6,11-12,14H,1,3-4,7-10H2,2H3,(H2,26,28)(H2,27,29,31). The maximum Gasteiger partial charge on any atom is 0.319 e. The quantitative estimate of drug-likeness (QED) is 0.478. The Hall–Kier alpha value is -2.55. The molecule has 0 aliphatic carbocycles. The first-order valence-corrected chi connectivity index (χ1v) is 11.0. The van der Waals surface area contributed by atoms with Crippen molar-refractivity contribution in [1.82, 2.24) is 20.5 Å². The van der Waals surface area contributed by atoms with Crippen LogP contribution in [0, 0.1) is 5.82 Å². The summed E-state index contributed by atoms with van der Waals surface area (Å²) in [6.45, 7) is 9.05. The number of nitrogens with two attached hydrogens (primary N) is 1. The van der Waals surface area contributed by atoms with Gasteiger partial charge in [0.15, 0.2) is 11.6 Å². The smallest absolute Gasteiger partial charge is 0.319 e. The molecule has 1 aromatic carbocycles. The lowest BCUT2D eigenvalue weighted by Gasteiger charge is -2.19. The summed E-state index contributed by atoms with van der Waals surface area (Å²) in [5, 5.41) is 5.65. The van der Waals surface area contributed by atoms with Crippen LogP contribution in [0.3, 0.4) is 0 Å². The maximum absolute atomic E-state index is 13.9. The predicted molar refractivity (Wildman–Crippen MR) is 125 cm³/mol. The van der Waals surface area contributed by atoms with Crippen molar-refractivity contribution in [2.75, 3.05) is 31.9 Å². The molecule has 2 amide bonds. The van der Waals surface area contributed by atoms with Crippen LogP contribution >= 0.6 is 23.2 Å². The van der Waals surface area contributed by atoms with Gasteiger partial charge in [0.25, 0.3) is 0 Å². The lowest BCUT2D eigenvalue weighted by molar-refractivity contribution is 0.227. The highest BCUT2D eigenvalue weighted by Gasteiger charge is 2.20. The molecule has 1 aliphatic heterocycles. The summed E-state index contributed by atoms with van der Waals surface area (Å²) in [7, 11) is 0. The Kier molecular flexibility index (Phi) is 8.17. The van der Waals surface area contributed by atoms with Gasteiger partial charge in [0.2, 0.25) is 0 Å². The summed E-state index contributed by atoms with van der Waals surface area (Å²) in [4.78, 5) is 18.6. The van der Waals surface area contributed by atoms with Gasteiger partial charge in [-0.3, -0.25) is 0 Å². The zero-order valence-electron chi connectivity index (χ0n) is 17.8. The average molecular weight is 482 g/mol. The van der Waals surface area contributed by atoms with E-state index >= 15 is 0 Å². The zero-order chi connectivity index (χ0) is 23.3. The Morgan fingerprint density at radius 1 is 1.38 bits per heavy atom. The first-order chi connectivity index (χ1) is 15.3. The van der Waals surface area contributed by atoms with Crippen LogP contribution in [0.15, 0.2) is 31.0 Å². The largest absolute Gasteiger partial charge is 0.482 e. The van der Waals surface area contributed by atoms with Crippen molar-refractivity contribution in [3.8, 4) is 5.75 Å². The predicted octanol–water partition coefficient (Wildman–Crippen LogP) is 4.62. The number of nitrogen functional groups attached to an aromatic ring is 1. The number of pyridine rings is 1. The van der Waals surface area contributed by atoms with E-state index in [1.54, 1.807) is 13.0 Å². The number of aromatic nitrogens is 1. The molecule has 10 heteroatoms. The minimum atomic E-state index is -0.708. The van der Waals surface area contributed by atoms with Gasteiger partial charge in [0.05, 0.1) is 5.02 Å². The summed E-state index contributed by atoms with van der Waals surface area (Å²) < 4.78 is 19.7. The molecule has 172 valence electrons. The summed E-state index contributed by atoms with van der Waals surface area (Å²) >= 11 is 12.2. The van der Waals surface area contributed by atoms with E-state index in [0.29, 0.717) is 23.4 Å². The number of halogens is 3. The Morgan fingerprint density at radius 2 is 2.09 bits per heavy atom. The number of likely N-dealkylation sites (tertiary alicyclic amines) is 1. The number of nitrogens with zero attached hydrogens (tertiary/aromatic N) is 2. The Balaban J connectivity index is 1.62. The van der Waals surface area contributed by atoms with Crippen molar-refractivity contribution < 1.29 is 13.9 Å². The van der Waals surface area contributed by atoms with Crippen molar-refractivity contribution in [3.63, 3.8) is 0 Å². The van der Waals surface area contributed by atoms with Crippen LogP contribution in [0.5, 0.6) is 5.75 Å². The third-order valence-corrected chi connectivity index (χ3v) is 5.91. The number of amides is 2. The van der Waals surface area contributed by atoms with Gasteiger partial charge in [0.1, 0.15) is 11.9 Å². The molecule has 3 rings (SSSR count). The Bertz CT molecular complexity index is 999. The first kappa shape index (κ1) is 24.1. The Labute approximate surface area is 196 Å². The van der Waals surface area contributed by atoms with E-state index < -0.39 is 11.9 Å². The number of carbonyl (C=O) groups excluding carboxylic acids is 1. The van der Waals surface area contributed by atoms with Crippen molar-refractivity contribution in [1.29, 1.82) is 0 Å². The lowest BCUT2D eigenvalue weighted by atomic mass is 10.1. The molecular weight excluding hydrogens is 456 g/mol. The van der Waals surface area contributed by atoms with Crippen molar-refractivity contribution in [2.24, 2.45) is 0 Å². The van der Waals surface area contributed by atoms with Gasteiger partial charge in [-0.1, -0.05) is 29.8 Å². The number of hydrogen-bond acceptors (Lipinski definition) is 5. The van der Waals surface area contributed by atoms with E-state index in [1.165, 1.54) is 31.2 Å². The van der Waals surface area contributed by atoms with Gasteiger partial charge in [-0.05, 0) is 51.1 Å². The van der Waals surface area contributed by atoms with Gasteiger partial charge in [0, 0.05) is 41.1 Å².